The molecular formula is C12H12F3N. The molecule has 1 aliphatic rings. The predicted octanol–water partition coefficient (Wildman–Crippen LogP) is 3.97. The van der Waals surface area contributed by atoms with Crippen molar-refractivity contribution in [2.24, 2.45) is 4.99 Å². The molecule has 0 aromatic carbocycles. The van der Waals surface area contributed by atoms with E-state index in [9.17, 15) is 13.2 Å². The standard InChI is InChI=1S/C12H12F3N/c1-9(7-10(2)12(13,14)15)11-5-3-4-6-16-8-11/h4-8H,1,3H2,2H3/b10-7+. The minimum Gasteiger partial charge on any atom is -0.264 e. The van der Waals surface area contributed by atoms with Gasteiger partial charge in [-0.25, -0.2) is 0 Å². The summed E-state index contributed by atoms with van der Waals surface area (Å²) in [7, 11) is 0. The Kier molecular flexibility index (Phi) is 3.88. The Bertz CT molecular complexity index is 395. The summed E-state index contributed by atoms with van der Waals surface area (Å²) in [6.07, 6.45) is 4.09. The lowest BCUT2D eigenvalue weighted by Crippen LogP contribution is -2.09. The highest BCUT2D eigenvalue weighted by atomic mass is 19.4. The zero-order valence-corrected chi connectivity index (χ0v) is 8.88. The van der Waals surface area contributed by atoms with Crippen molar-refractivity contribution in [1.29, 1.82) is 0 Å². The van der Waals surface area contributed by atoms with E-state index in [1.165, 1.54) is 6.21 Å². The number of nitrogens with zero attached hydrogens (tertiary/aromatic N) is 1. The molecule has 1 rings (SSSR count). The fourth-order valence-corrected chi connectivity index (χ4v) is 1.13. The van der Waals surface area contributed by atoms with Gasteiger partial charge in [0, 0.05) is 18.0 Å². The fraction of sp³-hybridized carbons (Fsp3) is 0.250. The van der Waals surface area contributed by atoms with Gasteiger partial charge in [0.2, 0.25) is 0 Å². The lowest BCUT2D eigenvalue weighted by molar-refractivity contribution is -0.0913. The lowest BCUT2D eigenvalue weighted by Gasteiger charge is -2.07. The SMILES string of the molecule is C=C(/C=C(\C)C(F)(F)F)C1=CCC=CN=C1. The average Bonchev–Trinajstić information content (AvgIpc) is 2.43. The number of rotatable bonds is 2. The summed E-state index contributed by atoms with van der Waals surface area (Å²) in [6, 6.07) is 0. The van der Waals surface area contributed by atoms with E-state index in [0.717, 1.165) is 13.0 Å². The molecule has 0 unspecified atom stereocenters. The first-order valence-corrected chi connectivity index (χ1v) is 4.74. The van der Waals surface area contributed by atoms with Crippen LogP contribution >= 0.6 is 0 Å². The minimum absolute atomic E-state index is 0.322. The number of alkyl halides is 3. The van der Waals surface area contributed by atoms with Crippen LogP contribution in [0.2, 0.25) is 0 Å². The molecule has 0 fully saturated rings. The van der Waals surface area contributed by atoms with E-state index in [1.807, 2.05) is 6.08 Å². The Balaban J connectivity index is 2.84. The van der Waals surface area contributed by atoms with Gasteiger partial charge in [0.05, 0.1) is 0 Å². The van der Waals surface area contributed by atoms with Crippen LogP contribution in [0.5, 0.6) is 0 Å². The molecule has 0 bridgehead atoms. The molecule has 0 aromatic rings. The van der Waals surface area contributed by atoms with Crippen LogP contribution in [0.4, 0.5) is 13.2 Å². The molecule has 0 saturated heterocycles. The van der Waals surface area contributed by atoms with Crippen molar-refractivity contribution in [1.82, 2.24) is 0 Å². The molecule has 1 aliphatic heterocycles. The number of halogens is 3. The summed E-state index contributed by atoms with van der Waals surface area (Å²) >= 11 is 0. The molecule has 0 spiro atoms. The van der Waals surface area contributed by atoms with Crippen molar-refractivity contribution in [2.45, 2.75) is 19.5 Å². The quantitative estimate of drug-likeness (QED) is 0.633. The molecule has 0 atom stereocenters. The predicted molar refractivity (Wildman–Crippen MR) is 59.3 cm³/mol. The maximum absolute atomic E-state index is 12.3. The number of hydrogen-bond acceptors (Lipinski definition) is 1. The van der Waals surface area contributed by atoms with Crippen molar-refractivity contribution in [3.8, 4) is 0 Å². The van der Waals surface area contributed by atoms with Gasteiger partial charge in [-0.15, -0.1) is 0 Å². The summed E-state index contributed by atoms with van der Waals surface area (Å²) in [5.41, 5.74) is 0.278. The number of allylic oxidation sites excluding steroid dienone is 6. The van der Waals surface area contributed by atoms with Crippen molar-refractivity contribution in [3.63, 3.8) is 0 Å². The van der Waals surface area contributed by atoms with Crippen LogP contribution in [-0.4, -0.2) is 12.4 Å². The second kappa shape index (κ2) is 4.96. The van der Waals surface area contributed by atoms with E-state index >= 15 is 0 Å². The molecule has 1 heterocycles. The average molecular weight is 227 g/mol. The minimum atomic E-state index is -4.30. The van der Waals surface area contributed by atoms with Gasteiger partial charge in [-0.2, -0.15) is 13.2 Å². The van der Waals surface area contributed by atoms with Crippen LogP contribution in [0.1, 0.15) is 13.3 Å². The summed E-state index contributed by atoms with van der Waals surface area (Å²) < 4.78 is 36.8. The summed E-state index contributed by atoms with van der Waals surface area (Å²) in [5, 5.41) is 0. The molecular weight excluding hydrogens is 215 g/mol. The topological polar surface area (TPSA) is 12.4 Å². The highest BCUT2D eigenvalue weighted by molar-refractivity contribution is 5.86. The zero-order valence-electron chi connectivity index (χ0n) is 8.88. The van der Waals surface area contributed by atoms with Crippen molar-refractivity contribution in [2.75, 3.05) is 0 Å². The van der Waals surface area contributed by atoms with E-state index < -0.39 is 11.7 Å². The van der Waals surface area contributed by atoms with Crippen molar-refractivity contribution >= 4 is 6.21 Å². The van der Waals surface area contributed by atoms with Crippen LogP contribution in [0.3, 0.4) is 0 Å². The van der Waals surface area contributed by atoms with Gasteiger partial charge in [-0.1, -0.05) is 18.7 Å². The first-order valence-electron chi connectivity index (χ1n) is 4.74. The Morgan fingerprint density at radius 2 is 2.19 bits per heavy atom. The van der Waals surface area contributed by atoms with Gasteiger partial charge < -0.3 is 0 Å². The Labute approximate surface area is 92.4 Å². The molecule has 16 heavy (non-hydrogen) atoms. The van der Waals surface area contributed by atoms with Crippen LogP contribution in [0.15, 0.2) is 52.7 Å². The second-order valence-corrected chi connectivity index (χ2v) is 3.41. The molecule has 0 amide bonds. The first-order chi connectivity index (χ1) is 7.41. The second-order valence-electron chi connectivity index (χ2n) is 3.41. The van der Waals surface area contributed by atoms with Gasteiger partial charge in [0.25, 0.3) is 0 Å². The molecule has 86 valence electrons. The van der Waals surface area contributed by atoms with Gasteiger partial charge in [0.1, 0.15) is 0 Å². The lowest BCUT2D eigenvalue weighted by atomic mass is 10.0. The smallest absolute Gasteiger partial charge is 0.264 e. The Morgan fingerprint density at radius 3 is 2.81 bits per heavy atom. The molecule has 0 N–H and O–H groups in total. The third-order valence-corrected chi connectivity index (χ3v) is 2.09. The Morgan fingerprint density at radius 1 is 1.50 bits per heavy atom. The van der Waals surface area contributed by atoms with Crippen LogP contribution in [-0.2, 0) is 0 Å². The molecule has 0 saturated carbocycles. The summed E-state index contributed by atoms with van der Waals surface area (Å²) in [6.45, 7) is 4.64. The third-order valence-electron chi connectivity index (χ3n) is 2.09. The van der Waals surface area contributed by atoms with E-state index in [4.69, 9.17) is 0 Å². The van der Waals surface area contributed by atoms with Crippen LogP contribution in [0.25, 0.3) is 0 Å². The highest BCUT2D eigenvalue weighted by Crippen LogP contribution is 2.26. The zero-order chi connectivity index (χ0) is 12.2. The van der Waals surface area contributed by atoms with Crippen LogP contribution < -0.4 is 0 Å². The van der Waals surface area contributed by atoms with Crippen LogP contribution in [0, 0.1) is 0 Å². The summed E-state index contributed by atoms with van der Waals surface area (Å²) in [4.78, 5) is 3.90. The van der Waals surface area contributed by atoms with Gasteiger partial charge in [0.15, 0.2) is 0 Å². The molecule has 0 radical (unpaired) electrons. The Hall–Kier alpha value is -1.58. The highest BCUT2D eigenvalue weighted by Gasteiger charge is 2.29. The van der Waals surface area contributed by atoms with Crippen molar-refractivity contribution in [3.05, 3.63) is 47.7 Å². The monoisotopic (exact) mass is 227 g/mol. The van der Waals surface area contributed by atoms with E-state index in [0.29, 0.717) is 17.6 Å². The van der Waals surface area contributed by atoms with Gasteiger partial charge in [-0.05, 0) is 30.6 Å². The van der Waals surface area contributed by atoms with E-state index in [2.05, 4.69) is 11.6 Å². The number of aliphatic imine (C=N–C) groups is 1. The number of hydrogen-bond donors (Lipinski definition) is 0. The van der Waals surface area contributed by atoms with Gasteiger partial charge in [-0.3, -0.25) is 4.99 Å². The van der Waals surface area contributed by atoms with Crippen molar-refractivity contribution < 1.29 is 13.2 Å². The normalized spacial score (nSPS) is 17.0. The largest absolute Gasteiger partial charge is 0.412 e. The molecule has 0 aromatic heterocycles. The maximum Gasteiger partial charge on any atom is 0.412 e. The van der Waals surface area contributed by atoms with E-state index in [-0.39, 0.29) is 0 Å². The molecule has 1 nitrogen and oxygen atoms in total. The molecule has 0 aliphatic carbocycles. The molecule has 4 heteroatoms. The first kappa shape index (κ1) is 12.5. The van der Waals surface area contributed by atoms with Gasteiger partial charge >= 0.3 is 6.18 Å². The van der Waals surface area contributed by atoms with E-state index in [1.54, 1.807) is 12.3 Å². The fourth-order valence-electron chi connectivity index (χ4n) is 1.13. The maximum atomic E-state index is 12.3. The third kappa shape index (κ3) is 3.53. The summed E-state index contributed by atoms with van der Waals surface area (Å²) in [5.74, 6) is 0.